The molecule has 1 N–H and O–H groups in total. The monoisotopic (exact) mass is 300 g/mol. The van der Waals surface area contributed by atoms with Gasteiger partial charge in [-0.05, 0) is 17.7 Å². The number of thioether (sulfide) groups is 1. The zero-order chi connectivity index (χ0) is 14.7. The SMILES string of the molecule is COc1ccc([C@H]2NN=C(c3ccccc3)S2)cc1OC. The average Bonchev–Trinajstić information content (AvgIpc) is 3.05. The molecule has 0 fully saturated rings. The predicted octanol–water partition coefficient (Wildman–Crippen LogP) is 3.40. The van der Waals surface area contributed by atoms with E-state index < -0.39 is 0 Å². The Morgan fingerprint density at radius 1 is 1.00 bits per heavy atom. The van der Waals surface area contributed by atoms with Crippen molar-refractivity contribution < 1.29 is 9.47 Å². The van der Waals surface area contributed by atoms with Crippen molar-refractivity contribution in [3.05, 3.63) is 59.7 Å². The molecule has 1 aliphatic rings. The van der Waals surface area contributed by atoms with E-state index in [2.05, 4.69) is 22.7 Å². The van der Waals surface area contributed by atoms with E-state index in [1.54, 1.807) is 26.0 Å². The molecule has 1 aliphatic heterocycles. The Balaban J connectivity index is 1.79. The zero-order valence-electron chi connectivity index (χ0n) is 11.9. The van der Waals surface area contributed by atoms with Crippen molar-refractivity contribution in [3.63, 3.8) is 0 Å². The number of hydrogen-bond acceptors (Lipinski definition) is 5. The van der Waals surface area contributed by atoms with Gasteiger partial charge in [0.2, 0.25) is 0 Å². The quantitative estimate of drug-likeness (QED) is 0.940. The summed E-state index contributed by atoms with van der Waals surface area (Å²) in [5.74, 6) is 1.46. The highest BCUT2D eigenvalue weighted by atomic mass is 32.2. The lowest BCUT2D eigenvalue weighted by Gasteiger charge is -2.13. The minimum Gasteiger partial charge on any atom is -0.493 e. The molecule has 0 aromatic heterocycles. The van der Waals surface area contributed by atoms with E-state index in [1.807, 2.05) is 36.4 Å². The summed E-state index contributed by atoms with van der Waals surface area (Å²) in [6.45, 7) is 0. The van der Waals surface area contributed by atoms with Crippen LogP contribution in [-0.2, 0) is 0 Å². The average molecular weight is 300 g/mol. The van der Waals surface area contributed by atoms with Crippen molar-refractivity contribution in [2.24, 2.45) is 5.10 Å². The largest absolute Gasteiger partial charge is 0.493 e. The first-order chi connectivity index (χ1) is 10.3. The normalized spacial score (nSPS) is 17.0. The molecule has 108 valence electrons. The smallest absolute Gasteiger partial charge is 0.161 e. The summed E-state index contributed by atoms with van der Waals surface area (Å²) in [7, 11) is 3.28. The van der Waals surface area contributed by atoms with Crippen LogP contribution in [0, 0.1) is 0 Å². The van der Waals surface area contributed by atoms with Gasteiger partial charge in [-0.3, -0.25) is 5.43 Å². The lowest BCUT2D eigenvalue weighted by molar-refractivity contribution is 0.354. The van der Waals surface area contributed by atoms with Crippen molar-refractivity contribution in [1.29, 1.82) is 0 Å². The van der Waals surface area contributed by atoms with Crippen LogP contribution in [0.2, 0.25) is 0 Å². The van der Waals surface area contributed by atoms with E-state index >= 15 is 0 Å². The van der Waals surface area contributed by atoms with Crippen LogP contribution in [0.1, 0.15) is 16.5 Å². The molecule has 0 saturated heterocycles. The lowest BCUT2D eigenvalue weighted by atomic mass is 10.2. The van der Waals surface area contributed by atoms with Crippen molar-refractivity contribution >= 4 is 16.8 Å². The third kappa shape index (κ3) is 2.83. The van der Waals surface area contributed by atoms with Crippen LogP contribution in [0.25, 0.3) is 0 Å². The van der Waals surface area contributed by atoms with E-state index in [-0.39, 0.29) is 5.37 Å². The second kappa shape index (κ2) is 6.10. The number of benzene rings is 2. The minimum absolute atomic E-state index is 0.0833. The third-order valence-electron chi connectivity index (χ3n) is 3.24. The summed E-state index contributed by atoms with van der Waals surface area (Å²) in [6, 6.07) is 16.1. The second-order valence-electron chi connectivity index (χ2n) is 4.52. The Kier molecular flexibility index (Phi) is 4.01. The first-order valence-corrected chi connectivity index (χ1v) is 7.47. The molecule has 0 radical (unpaired) electrons. The lowest BCUT2D eigenvalue weighted by Crippen LogP contribution is -2.07. The van der Waals surface area contributed by atoms with Crippen LogP contribution in [-0.4, -0.2) is 19.3 Å². The Hall–Kier alpha value is -2.14. The number of ether oxygens (including phenoxy) is 2. The molecule has 4 nitrogen and oxygen atoms in total. The number of hydrazone groups is 1. The number of nitrogens with one attached hydrogen (secondary N) is 1. The predicted molar refractivity (Wildman–Crippen MR) is 86.0 cm³/mol. The van der Waals surface area contributed by atoms with Crippen LogP contribution in [0.15, 0.2) is 53.6 Å². The maximum atomic E-state index is 5.35. The molecule has 3 rings (SSSR count). The molecule has 1 heterocycles. The Labute approximate surface area is 128 Å². The van der Waals surface area contributed by atoms with Crippen molar-refractivity contribution in [3.8, 4) is 11.5 Å². The Morgan fingerprint density at radius 2 is 1.76 bits per heavy atom. The fourth-order valence-corrected chi connectivity index (χ4v) is 3.14. The minimum atomic E-state index is 0.0833. The van der Waals surface area contributed by atoms with Gasteiger partial charge in [0.25, 0.3) is 0 Å². The summed E-state index contributed by atoms with van der Waals surface area (Å²) >= 11 is 1.69. The number of nitrogens with zero attached hydrogens (tertiary/aromatic N) is 1. The van der Waals surface area contributed by atoms with Gasteiger partial charge in [-0.15, -0.1) is 0 Å². The molecular formula is C16H16N2O2S. The summed E-state index contributed by atoms with van der Waals surface area (Å²) in [5, 5.41) is 5.50. The van der Waals surface area contributed by atoms with E-state index in [4.69, 9.17) is 9.47 Å². The summed E-state index contributed by atoms with van der Waals surface area (Å²) < 4.78 is 10.6. The standard InChI is InChI=1S/C16H16N2O2S/c1-19-13-9-8-12(10-14(13)20-2)16-18-17-15(21-16)11-6-4-3-5-7-11/h3-10,16,18H,1-2H3/t16-/m0/s1. The second-order valence-corrected chi connectivity index (χ2v) is 5.62. The molecule has 2 aromatic rings. The highest BCUT2D eigenvalue weighted by Gasteiger charge is 2.23. The molecule has 1 atom stereocenters. The molecule has 0 saturated carbocycles. The van der Waals surface area contributed by atoms with Crippen molar-refractivity contribution in [1.82, 2.24) is 5.43 Å². The van der Waals surface area contributed by atoms with Gasteiger partial charge in [0, 0.05) is 5.56 Å². The van der Waals surface area contributed by atoms with Gasteiger partial charge in [0.05, 0.1) is 14.2 Å². The molecule has 21 heavy (non-hydrogen) atoms. The molecule has 0 bridgehead atoms. The highest BCUT2D eigenvalue weighted by molar-refractivity contribution is 8.14. The van der Waals surface area contributed by atoms with Crippen LogP contribution in [0.5, 0.6) is 11.5 Å². The fourth-order valence-electron chi connectivity index (χ4n) is 2.15. The van der Waals surface area contributed by atoms with Gasteiger partial charge >= 0.3 is 0 Å². The summed E-state index contributed by atoms with van der Waals surface area (Å²) in [4.78, 5) is 0. The maximum absolute atomic E-state index is 5.35. The van der Waals surface area contributed by atoms with Gasteiger partial charge in [-0.1, -0.05) is 48.2 Å². The summed E-state index contributed by atoms with van der Waals surface area (Å²) in [5.41, 5.74) is 5.39. The van der Waals surface area contributed by atoms with Gasteiger partial charge in [-0.2, -0.15) is 5.10 Å². The van der Waals surface area contributed by atoms with E-state index in [0.717, 1.165) is 27.7 Å². The van der Waals surface area contributed by atoms with E-state index in [9.17, 15) is 0 Å². The van der Waals surface area contributed by atoms with Crippen molar-refractivity contribution in [2.75, 3.05) is 14.2 Å². The Bertz CT molecular complexity index is 659. The molecular weight excluding hydrogens is 284 g/mol. The van der Waals surface area contributed by atoms with Gasteiger partial charge in [0.15, 0.2) is 11.5 Å². The van der Waals surface area contributed by atoms with Crippen LogP contribution >= 0.6 is 11.8 Å². The molecule has 0 unspecified atom stereocenters. The van der Waals surface area contributed by atoms with Gasteiger partial charge in [-0.25, -0.2) is 0 Å². The topological polar surface area (TPSA) is 42.8 Å². The van der Waals surface area contributed by atoms with Gasteiger partial charge in [0.1, 0.15) is 10.4 Å². The Morgan fingerprint density at radius 3 is 2.48 bits per heavy atom. The molecule has 0 aliphatic carbocycles. The molecule has 2 aromatic carbocycles. The van der Waals surface area contributed by atoms with Crippen LogP contribution in [0.4, 0.5) is 0 Å². The summed E-state index contributed by atoms with van der Waals surface area (Å²) in [6.07, 6.45) is 0. The molecule has 0 amide bonds. The van der Waals surface area contributed by atoms with E-state index in [0.29, 0.717) is 0 Å². The number of rotatable bonds is 4. The van der Waals surface area contributed by atoms with Crippen LogP contribution < -0.4 is 14.9 Å². The maximum Gasteiger partial charge on any atom is 0.161 e. The van der Waals surface area contributed by atoms with Crippen molar-refractivity contribution in [2.45, 2.75) is 5.37 Å². The van der Waals surface area contributed by atoms with Crippen LogP contribution in [0.3, 0.4) is 0 Å². The molecule has 5 heteroatoms. The first-order valence-electron chi connectivity index (χ1n) is 6.59. The van der Waals surface area contributed by atoms with Gasteiger partial charge < -0.3 is 9.47 Å². The number of methoxy groups -OCH3 is 2. The highest BCUT2D eigenvalue weighted by Crippen LogP contribution is 2.37. The fraction of sp³-hybridized carbons (Fsp3) is 0.188. The number of hydrogen-bond donors (Lipinski definition) is 1. The zero-order valence-corrected chi connectivity index (χ0v) is 12.7. The first kappa shape index (κ1) is 13.8. The molecule has 0 spiro atoms. The van der Waals surface area contributed by atoms with E-state index in [1.165, 1.54) is 0 Å². The third-order valence-corrected chi connectivity index (χ3v) is 4.41.